The normalized spacial score (nSPS) is 11.7. The molecule has 0 unspecified atom stereocenters. The van der Waals surface area contributed by atoms with Gasteiger partial charge in [0.2, 0.25) is 0 Å². The van der Waals surface area contributed by atoms with Crippen molar-refractivity contribution in [3.63, 3.8) is 0 Å². The van der Waals surface area contributed by atoms with Gasteiger partial charge in [0.15, 0.2) is 6.10 Å². The fourth-order valence-corrected chi connectivity index (χ4v) is 2.48. The molecular weight excluding hydrogens is 314 g/mol. The number of ether oxygens (including phenoxy) is 2. The van der Waals surface area contributed by atoms with E-state index < -0.39 is 6.10 Å². The van der Waals surface area contributed by atoms with E-state index in [1.807, 2.05) is 64.1 Å². The highest BCUT2D eigenvalue weighted by atomic mass is 16.5. The van der Waals surface area contributed by atoms with E-state index >= 15 is 0 Å². The van der Waals surface area contributed by atoms with E-state index in [4.69, 9.17) is 9.47 Å². The maximum atomic E-state index is 12.3. The van der Waals surface area contributed by atoms with Gasteiger partial charge in [0, 0.05) is 0 Å². The number of carbonyl (C=O) groups is 1. The van der Waals surface area contributed by atoms with Gasteiger partial charge in [-0.2, -0.15) is 0 Å². The van der Waals surface area contributed by atoms with Gasteiger partial charge in [-0.25, -0.2) is 0 Å². The van der Waals surface area contributed by atoms with Crippen LogP contribution in [0.25, 0.3) is 0 Å². The second kappa shape index (κ2) is 9.11. The Morgan fingerprint density at radius 3 is 2.48 bits per heavy atom. The van der Waals surface area contributed by atoms with Crippen molar-refractivity contribution in [2.45, 2.75) is 40.2 Å². The van der Waals surface area contributed by atoms with Gasteiger partial charge in [-0.1, -0.05) is 37.3 Å². The molecule has 0 radical (unpaired) electrons. The summed E-state index contributed by atoms with van der Waals surface area (Å²) in [5, 5.41) is 2.89. The minimum absolute atomic E-state index is 0.115. The van der Waals surface area contributed by atoms with E-state index in [1.165, 1.54) is 0 Å². The third kappa shape index (κ3) is 5.52. The minimum Gasteiger partial charge on any atom is -0.491 e. The molecule has 1 amide bonds. The topological polar surface area (TPSA) is 47.6 Å². The molecule has 2 rings (SSSR count). The van der Waals surface area contributed by atoms with Crippen LogP contribution < -0.4 is 14.8 Å². The van der Waals surface area contributed by atoms with Gasteiger partial charge in [-0.15, -0.1) is 0 Å². The van der Waals surface area contributed by atoms with Crippen LogP contribution in [0, 0.1) is 20.8 Å². The first-order valence-electron chi connectivity index (χ1n) is 8.71. The predicted octanol–water partition coefficient (Wildman–Crippen LogP) is 3.96. The third-order valence-electron chi connectivity index (χ3n) is 4.03. The highest BCUT2D eigenvalue weighted by molar-refractivity contribution is 5.81. The lowest BCUT2D eigenvalue weighted by molar-refractivity contribution is -0.128. The maximum Gasteiger partial charge on any atom is 0.261 e. The van der Waals surface area contributed by atoms with Crippen LogP contribution in [0.1, 0.15) is 30.0 Å². The summed E-state index contributed by atoms with van der Waals surface area (Å²) < 4.78 is 11.6. The van der Waals surface area contributed by atoms with Crippen molar-refractivity contribution in [3.05, 3.63) is 59.2 Å². The van der Waals surface area contributed by atoms with Crippen LogP contribution in [-0.4, -0.2) is 25.2 Å². The van der Waals surface area contributed by atoms with Crippen LogP contribution in [0.4, 0.5) is 0 Å². The van der Waals surface area contributed by atoms with E-state index in [2.05, 4.69) is 11.4 Å². The van der Waals surface area contributed by atoms with Crippen LogP contribution in [0.15, 0.2) is 42.5 Å². The summed E-state index contributed by atoms with van der Waals surface area (Å²) in [6.07, 6.45) is 0.111. The molecule has 0 aromatic heterocycles. The number of amides is 1. The molecule has 1 atom stereocenters. The molecule has 0 aliphatic carbocycles. The number of hydrogen-bond donors (Lipinski definition) is 1. The molecule has 0 saturated heterocycles. The van der Waals surface area contributed by atoms with Gasteiger partial charge >= 0.3 is 0 Å². The molecule has 0 saturated carbocycles. The first-order chi connectivity index (χ1) is 12.0. The van der Waals surface area contributed by atoms with Crippen molar-refractivity contribution in [1.82, 2.24) is 5.32 Å². The number of rotatable bonds is 8. The average molecular weight is 341 g/mol. The molecule has 0 aliphatic heterocycles. The summed E-state index contributed by atoms with van der Waals surface area (Å²) in [6.45, 7) is 8.82. The lowest BCUT2D eigenvalue weighted by atomic mass is 10.1. The number of carbonyl (C=O) groups excluding carboxylic acids is 1. The fraction of sp³-hybridized carbons (Fsp3) is 0.381. The summed E-state index contributed by atoms with van der Waals surface area (Å²) in [6, 6.07) is 13.8. The zero-order valence-corrected chi connectivity index (χ0v) is 15.5. The molecule has 0 spiro atoms. The van der Waals surface area contributed by atoms with Crippen molar-refractivity contribution in [1.29, 1.82) is 0 Å². The molecule has 4 heteroatoms. The van der Waals surface area contributed by atoms with Crippen molar-refractivity contribution in [2.75, 3.05) is 13.2 Å². The maximum absolute atomic E-state index is 12.3. The monoisotopic (exact) mass is 341 g/mol. The third-order valence-corrected chi connectivity index (χ3v) is 4.03. The first kappa shape index (κ1) is 18.8. The smallest absolute Gasteiger partial charge is 0.261 e. The SMILES string of the molecule is CC[C@@H](Oc1ccccc1C)C(=O)NCCOc1cc(C)ccc1C. The molecule has 134 valence electrons. The second-order valence-corrected chi connectivity index (χ2v) is 6.19. The number of nitrogens with one attached hydrogen (secondary N) is 1. The van der Waals surface area contributed by atoms with E-state index in [9.17, 15) is 4.79 Å². The second-order valence-electron chi connectivity index (χ2n) is 6.19. The van der Waals surface area contributed by atoms with Crippen LogP contribution in [-0.2, 0) is 4.79 Å². The molecule has 1 N–H and O–H groups in total. The predicted molar refractivity (Wildman–Crippen MR) is 100 cm³/mol. The molecule has 2 aromatic carbocycles. The summed E-state index contributed by atoms with van der Waals surface area (Å²) in [5.74, 6) is 1.49. The van der Waals surface area contributed by atoms with Crippen LogP contribution >= 0.6 is 0 Å². The van der Waals surface area contributed by atoms with Gasteiger partial charge in [-0.3, -0.25) is 4.79 Å². The molecular formula is C21H27NO3. The van der Waals surface area contributed by atoms with Crippen molar-refractivity contribution < 1.29 is 14.3 Å². The Hall–Kier alpha value is -2.49. The highest BCUT2D eigenvalue weighted by Gasteiger charge is 2.18. The first-order valence-corrected chi connectivity index (χ1v) is 8.71. The number of benzene rings is 2. The minimum atomic E-state index is -0.498. The largest absolute Gasteiger partial charge is 0.491 e. The summed E-state index contributed by atoms with van der Waals surface area (Å²) in [5.41, 5.74) is 3.26. The van der Waals surface area contributed by atoms with E-state index in [0.29, 0.717) is 19.6 Å². The number of aryl methyl sites for hydroxylation is 3. The highest BCUT2D eigenvalue weighted by Crippen LogP contribution is 2.19. The molecule has 0 aliphatic rings. The lowest BCUT2D eigenvalue weighted by Crippen LogP contribution is -2.39. The summed E-state index contributed by atoms with van der Waals surface area (Å²) in [7, 11) is 0. The number of para-hydroxylation sites is 1. The summed E-state index contributed by atoms with van der Waals surface area (Å²) >= 11 is 0. The van der Waals surface area contributed by atoms with Gasteiger partial charge in [0.05, 0.1) is 6.54 Å². The zero-order valence-electron chi connectivity index (χ0n) is 15.5. The molecule has 0 heterocycles. The quantitative estimate of drug-likeness (QED) is 0.739. The Labute approximate surface area is 150 Å². The Balaban J connectivity index is 1.82. The van der Waals surface area contributed by atoms with Crippen molar-refractivity contribution >= 4 is 5.91 Å². The Morgan fingerprint density at radius 1 is 1.04 bits per heavy atom. The van der Waals surface area contributed by atoms with Crippen molar-refractivity contribution in [3.8, 4) is 11.5 Å². The molecule has 2 aromatic rings. The van der Waals surface area contributed by atoms with Gasteiger partial charge in [-0.05, 0) is 56.0 Å². The van der Waals surface area contributed by atoms with Crippen LogP contribution in [0.3, 0.4) is 0 Å². The van der Waals surface area contributed by atoms with Crippen molar-refractivity contribution in [2.24, 2.45) is 0 Å². The average Bonchev–Trinajstić information content (AvgIpc) is 2.60. The van der Waals surface area contributed by atoms with E-state index in [-0.39, 0.29) is 5.91 Å². The molecule has 25 heavy (non-hydrogen) atoms. The van der Waals surface area contributed by atoms with E-state index in [1.54, 1.807) is 0 Å². The van der Waals surface area contributed by atoms with Gasteiger partial charge < -0.3 is 14.8 Å². The fourth-order valence-electron chi connectivity index (χ4n) is 2.48. The van der Waals surface area contributed by atoms with Crippen LogP contribution in [0.5, 0.6) is 11.5 Å². The number of hydrogen-bond acceptors (Lipinski definition) is 3. The lowest BCUT2D eigenvalue weighted by Gasteiger charge is -2.18. The molecule has 0 fully saturated rings. The summed E-state index contributed by atoms with van der Waals surface area (Å²) in [4.78, 5) is 12.3. The van der Waals surface area contributed by atoms with Gasteiger partial charge in [0.1, 0.15) is 18.1 Å². The van der Waals surface area contributed by atoms with Crippen LogP contribution in [0.2, 0.25) is 0 Å². The van der Waals surface area contributed by atoms with E-state index in [0.717, 1.165) is 28.2 Å². The standard InChI is InChI=1S/C21H27NO3/c1-5-18(25-19-9-7-6-8-16(19)3)21(23)22-12-13-24-20-14-15(2)10-11-17(20)4/h6-11,14,18H,5,12-13H2,1-4H3,(H,22,23)/t18-/m1/s1. The van der Waals surface area contributed by atoms with Gasteiger partial charge in [0.25, 0.3) is 5.91 Å². The molecule has 4 nitrogen and oxygen atoms in total. The Morgan fingerprint density at radius 2 is 1.76 bits per heavy atom. The zero-order chi connectivity index (χ0) is 18.2. The molecule has 0 bridgehead atoms. The Bertz CT molecular complexity index is 712. The Kier molecular flexibility index (Phi) is 6.87.